The van der Waals surface area contributed by atoms with Crippen LogP contribution in [0.4, 0.5) is 0 Å². The number of thiophene rings is 1. The Bertz CT molecular complexity index is 1350. The lowest BCUT2D eigenvalue weighted by Gasteiger charge is -2.19. The van der Waals surface area contributed by atoms with Crippen LogP contribution >= 0.6 is 11.3 Å². The minimum atomic E-state index is -0.772. The largest absolute Gasteiger partial charge is 0.368 e. The molecule has 0 spiro atoms. The van der Waals surface area contributed by atoms with Gasteiger partial charge in [0.2, 0.25) is 5.91 Å². The van der Waals surface area contributed by atoms with Crippen molar-refractivity contribution in [1.29, 1.82) is 0 Å². The van der Waals surface area contributed by atoms with Crippen LogP contribution in [0, 0.1) is 20.8 Å². The van der Waals surface area contributed by atoms with Crippen LogP contribution in [0.1, 0.15) is 35.4 Å². The molecule has 1 amide bonds. The van der Waals surface area contributed by atoms with E-state index in [4.69, 9.17) is 10.7 Å². The first-order valence-electron chi connectivity index (χ1n) is 10.3. The highest BCUT2D eigenvalue weighted by Crippen LogP contribution is 2.37. The number of nitrogens with zero attached hydrogens (tertiary/aromatic N) is 2. The van der Waals surface area contributed by atoms with Gasteiger partial charge in [-0.3, -0.25) is 14.2 Å². The molecule has 0 aliphatic carbocycles. The van der Waals surface area contributed by atoms with Crippen molar-refractivity contribution < 1.29 is 4.79 Å². The lowest BCUT2D eigenvalue weighted by atomic mass is 10.0. The van der Waals surface area contributed by atoms with E-state index in [9.17, 15) is 9.59 Å². The second-order valence-corrected chi connectivity index (χ2v) is 9.09. The van der Waals surface area contributed by atoms with Gasteiger partial charge in [0.15, 0.2) is 0 Å². The predicted molar refractivity (Wildman–Crippen MR) is 127 cm³/mol. The minimum Gasteiger partial charge on any atom is -0.368 e. The van der Waals surface area contributed by atoms with Crippen LogP contribution in [0.2, 0.25) is 0 Å². The van der Waals surface area contributed by atoms with Crippen molar-refractivity contribution in [3.63, 3.8) is 0 Å². The van der Waals surface area contributed by atoms with Crippen LogP contribution in [0.15, 0.2) is 53.3 Å². The quantitative estimate of drug-likeness (QED) is 0.474. The second-order valence-electron chi connectivity index (χ2n) is 7.89. The van der Waals surface area contributed by atoms with Gasteiger partial charge in [0.1, 0.15) is 16.7 Å². The Kier molecular flexibility index (Phi) is 5.50. The Morgan fingerprint density at radius 1 is 1.06 bits per heavy atom. The Morgan fingerprint density at radius 3 is 2.39 bits per heavy atom. The fourth-order valence-corrected chi connectivity index (χ4v) is 5.07. The smallest absolute Gasteiger partial charge is 0.263 e. The van der Waals surface area contributed by atoms with E-state index >= 15 is 0 Å². The molecule has 0 saturated heterocycles. The maximum Gasteiger partial charge on any atom is 0.263 e. The molecule has 0 fully saturated rings. The van der Waals surface area contributed by atoms with Gasteiger partial charge in [0, 0.05) is 16.0 Å². The Morgan fingerprint density at radius 2 is 1.77 bits per heavy atom. The first kappa shape index (κ1) is 21.0. The van der Waals surface area contributed by atoms with Gasteiger partial charge >= 0.3 is 0 Å². The Balaban J connectivity index is 2.11. The van der Waals surface area contributed by atoms with Crippen LogP contribution in [0.3, 0.4) is 0 Å². The first-order chi connectivity index (χ1) is 14.8. The Labute approximate surface area is 185 Å². The van der Waals surface area contributed by atoms with Gasteiger partial charge in [-0.05, 0) is 38.8 Å². The monoisotopic (exact) mass is 431 g/mol. The van der Waals surface area contributed by atoms with E-state index in [0.717, 1.165) is 32.7 Å². The van der Waals surface area contributed by atoms with Crippen molar-refractivity contribution in [1.82, 2.24) is 9.55 Å². The topological polar surface area (TPSA) is 78.0 Å². The molecule has 158 valence electrons. The van der Waals surface area contributed by atoms with Crippen molar-refractivity contribution in [2.75, 3.05) is 0 Å². The number of aromatic nitrogens is 2. The zero-order chi connectivity index (χ0) is 22.3. The highest BCUT2D eigenvalue weighted by molar-refractivity contribution is 7.19. The summed E-state index contributed by atoms with van der Waals surface area (Å²) in [5, 5.41) is 0.544. The molecule has 4 aromatic rings. The fraction of sp³-hybridized carbons (Fsp3) is 0.240. The van der Waals surface area contributed by atoms with Crippen molar-refractivity contribution in [2.45, 2.75) is 40.2 Å². The van der Waals surface area contributed by atoms with Crippen molar-refractivity contribution in [2.24, 2.45) is 5.73 Å². The number of rotatable bonds is 5. The number of nitrogens with two attached hydrogens (primary N) is 1. The third-order valence-corrected chi connectivity index (χ3v) is 6.58. The number of benzene rings is 2. The lowest BCUT2D eigenvalue weighted by molar-refractivity contribution is -0.121. The zero-order valence-electron chi connectivity index (χ0n) is 18.1. The SMILES string of the molecule is CCC(C(N)=O)n1c(-c2cccc(C)c2)nc2sc(C)c(-c3ccc(C)cc3)c2c1=O. The molecular formula is C25H25N3O2S. The van der Waals surface area contributed by atoms with Crippen molar-refractivity contribution in [3.05, 3.63) is 74.9 Å². The van der Waals surface area contributed by atoms with E-state index < -0.39 is 11.9 Å². The molecule has 2 heterocycles. The van der Waals surface area contributed by atoms with Gasteiger partial charge in [-0.2, -0.15) is 0 Å². The van der Waals surface area contributed by atoms with Crippen LogP contribution in [0.25, 0.3) is 32.7 Å². The summed E-state index contributed by atoms with van der Waals surface area (Å²) >= 11 is 1.50. The molecule has 2 aromatic heterocycles. The second kappa shape index (κ2) is 8.12. The van der Waals surface area contributed by atoms with Gasteiger partial charge in [0.05, 0.1) is 5.39 Å². The predicted octanol–water partition coefficient (Wildman–Crippen LogP) is 5.15. The molecule has 0 radical (unpaired) electrons. The summed E-state index contributed by atoms with van der Waals surface area (Å²) in [6, 6.07) is 15.1. The van der Waals surface area contributed by atoms with E-state index in [0.29, 0.717) is 22.5 Å². The third kappa shape index (κ3) is 3.68. The van der Waals surface area contributed by atoms with Gasteiger partial charge in [-0.25, -0.2) is 4.98 Å². The summed E-state index contributed by atoms with van der Waals surface area (Å²) < 4.78 is 1.49. The van der Waals surface area contributed by atoms with Crippen LogP contribution in [-0.2, 0) is 4.79 Å². The standard InChI is InChI=1S/C25H25N3O2S/c1-5-19(22(26)29)28-23(18-8-6-7-15(3)13-18)27-24-21(25(28)30)20(16(4)31-24)17-11-9-14(2)10-12-17/h6-13,19H,5H2,1-4H3,(H2,26,29). The van der Waals surface area contributed by atoms with Crippen LogP contribution < -0.4 is 11.3 Å². The lowest BCUT2D eigenvalue weighted by Crippen LogP contribution is -2.35. The molecule has 2 aromatic carbocycles. The van der Waals surface area contributed by atoms with Gasteiger partial charge in [-0.1, -0.05) is 60.5 Å². The number of carbonyl (C=O) groups excluding carboxylic acids is 1. The molecule has 0 aliphatic heterocycles. The van der Waals surface area contributed by atoms with Gasteiger partial charge < -0.3 is 5.73 Å². The molecule has 0 aliphatic rings. The van der Waals surface area contributed by atoms with E-state index in [1.54, 1.807) is 0 Å². The molecule has 0 saturated carbocycles. The molecule has 1 atom stereocenters. The van der Waals surface area contributed by atoms with Crippen LogP contribution in [-0.4, -0.2) is 15.5 Å². The average Bonchev–Trinajstić information content (AvgIpc) is 3.06. The van der Waals surface area contributed by atoms with Gasteiger partial charge in [0.25, 0.3) is 5.56 Å². The van der Waals surface area contributed by atoms with Crippen molar-refractivity contribution in [3.8, 4) is 22.5 Å². The van der Waals surface area contributed by atoms with Crippen LogP contribution in [0.5, 0.6) is 0 Å². The van der Waals surface area contributed by atoms with E-state index in [1.165, 1.54) is 15.9 Å². The van der Waals surface area contributed by atoms with E-state index in [1.807, 2.05) is 76.2 Å². The van der Waals surface area contributed by atoms with E-state index in [-0.39, 0.29) is 5.56 Å². The summed E-state index contributed by atoms with van der Waals surface area (Å²) in [6.07, 6.45) is 0.407. The normalized spacial score (nSPS) is 12.3. The zero-order valence-corrected chi connectivity index (χ0v) is 18.9. The summed E-state index contributed by atoms with van der Waals surface area (Å²) in [4.78, 5) is 32.8. The van der Waals surface area contributed by atoms with E-state index in [2.05, 4.69) is 0 Å². The maximum absolute atomic E-state index is 13.9. The first-order valence-corrected chi connectivity index (χ1v) is 11.1. The maximum atomic E-state index is 13.9. The summed E-state index contributed by atoms with van der Waals surface area (Å²) in [7, 11) is 0. The third-order valence-electron chi connectivity index (χ3n) is 5.58. The summed E-state index contributed by atoms with van der Waals surface area (Å²) in [5.74, 6) is -0.0629. The highest BCUT2D eigenvalue weighted by Gasteiger charge is 2.26. The number of aryl methyl sites for hydroxylation is 3. The molecule has 0 bridgehead atoms. The highest BCUT2D eigenvalue weighted by atomic mass is 32.1. The molecule has 5 nitrogen and oxygen atoms in total. The number of hydrogen-bond acceptors (Lipinski definition) is 4. The Hall–Kier alpha value is -3.25. The molecule has 4 rings (SSSR count). The van der Waals surface area contributed by atoms with Crippen molar-refractivity contribution >= 4 is 27.5 Å². The average molecular weight is 432 g/mol. The van der Waals surface area contributed by atoms with Gasteiger partial charge in [-0.15, -0.1) is 11.3 Å². The molecular weight excluding hydrogens is 406 g/mol. The fourth-order valence-electron chi connectivity index (χ4n) is 4.03. The number of carbonyl (C=O) groups is 1. The minimum absolute atomic E-state index is 0.230. The molecule has 1 unspecified atom stereocenters. The molecule has 6 heteroatoms. The summed E-state index contributed by atoms with van der Waals surface area (Å²) in [6.45, 7) is 7.87. The summed E-state index contributed by atoms with van der Waals surface area (Å²) in [5.41, 5.74) is 10.3. The number of hydrogen-bond donors (Lipinski definition) is 1. The number of primary amides is 1. The molecule has 31 heavy (non-hydrogen) atoms. The number of amides is 1. The number of fused-ring (bicyclic) bond motifs is 1. The molecule has 2 N–H and O–H groups in total.